The van der Waals surface area contributed by atoms with E-state index < -0.39 is 0 Å². The average molecular weight is 296 g/mol. The Balaban J connectivity index is 2.25. The molecule has 2 atom stereocenters. The first-order valence-electron chi connectivity index (χ1n) is 7.18. The zero-order chi connectivity index (χ0) is 14.9. The number of amides is 1. The van der Waals surface area contributed by atoms with Gasteiger partial charge in [-0.1, -0.05) is 32.2 Å². The summed E-state index contributed by atoms with van der Waals surface area (Å²) < 4.78 is 3.98. The quantitative estimate of drug-likeness (QED) is 0.906. The van der Waals surface area contributed by atoms with Gasteiger partial charge >= 0.3 is 0 Å². The second-order valence-electron chi connectivity index (χ2n) is 6.72. The third-order valence-electron chi connectivity index (χ3n) is 3.90. The highest BCUT2D eigenvalue weighted by molar-refractivity contribution is 7.08. The molecule has 1 amide bonds. The van der Waals surface area contributed by atoms with Crippen LogP contribution in [0.3, 0.4) is 0 Å². The first-order chi connectivity index (χ1) is 9.34. The first-order valence-corrected chi connectivity index (χ1v) is 7.95. The second-order valence-corrected chi connectivity index (χ2v) is 7.47. The van der Waals surface area contributed by atoms with Gasteiger partial charge in [0, 0.05) is 24.5 Å². The standard InChI is InChI=1S/C14H24N4OS/c1-9-5-6-18(10(7-9)8-15)13(19)11-12(14(2,3)4)16-17-20-11/h9-10H,5-8,15H2,1-4H3. The highest BCUT2D eigenvalue weighted by Gasteiger charge is 2.34. The van der Waals surface area contributed by atoms with Gasteiger partial charge in [-0.25, -0.2) is 0 Å². The number of aromatic nitrogens is 2. The normalized spacial score (nSPS) is 23.9. The van der Waals surface area contributed by atoms with Gasteiger partial charge in [0.25, 0.3) is 5.91 Å². The van der Waals surface area contributed by atoms with Crippen LogP contribution in [0, 0.1) is 5.92 Å². The molecule has 0 saturated carbocycles. The summed E-state index contributed by atoms with van der Waals surface area (Å²) in [5.41, 5.74) is 6.48. The van der Waals surface area contributed by atoms with E-state index in [1.54, 1.807) is 0 Å². The monoisotopic (exact) mass is 296 g/mol. The Bertz CT molecular complexity index is 480. The molecule has 0 bridgehead atoms. The maximum atomic E-state index is 12.8. The number of piperidine rings is 1. The summed E-state index contributed by atoms with van der Waals surface area (Å²) in [5.74, 6) is 0.682. The summed E-state index contributed by atoms with van der Waals surface area (Å²) in [6, 6.07) is 0.140. The predicted octanol–water partition coefficient (Wildman–Crippen LogP) is 2.04. The molecule has 2 N–H and O–H groups in total. The van der Waals surface area contributed by atoms with Crippen molar-refractivity contribution in [3.05, 3.63) is 10.6 Å². The Kier molecular flexibility index (Phi) is 4.44. The maximum Gasteiger partial charge on any atom is 0.267 e. The van der Waals surface area contributed by atoms with Crippen molar-refractivity contribution in [2.75, 3.05) is 13.1 Å². The van der Waals surface area contributed by atoms with E-state index in [0.717, 1.165) is 25.1 Å². The molecule has 2 heterocycles. The fourth-order valence-corrected chi connectivity index (χ4v) is 3.53. The zero-order valence-corrected chi connectivity index (χ0v) is 13.5. The van der Waals surface area contributed by atoms with E-state index in [-0.39, 0.29) is 17.4 Å². The number of carbonyl (C=O) groups excluding carboxylic acids is 1. The van der Waals surface area contributed by atoms with Crippen molar-refractivity contribution in [1.29, 1.82) is 0 Å². The van der Waals surface area contributed by atoms with Crippen LogP contribution in [-0.2, 0) is 5.41 Å². The second kappa shape index (κ2) is 5.77. The zero-order valence-electron chi connectivity index (χ0n) is 12.7. The molecule has 2 rings (SSSR count). The van der Waals surface area contributed by atoms with E-state index >= 15 is 0 Å². The number of nitrogens with two attached hydrogens (primary N) is 1. The number of nitrogens with zero attached hydrogens (tertiary/aromatic N) is 3. The van der Waals surface area contributed by atoms with Gasteiger partial charge in [-0.05, 0) is 30.3 Å². The van der Waals surface area contributed by atoms with Crippen molar-refractivity contribution in [3.63, 3.8) is 0 Å². The minimum atomic E-state index is -0.167. The molecule has 20 heavy (non-hydrogen) atoms. The first kappa shape index (κ1) is 15.4. The minimum Gasteiger partial charge on any atom is -0.334 e. The van der Waals surface area contributed by atoms with Gasteiger partial charge in [0.15, 0.2) is 0 Å². The molecule has 112 valence electrons. The average Bonchev–Trinajstić information content (AvgIpc) is 2.86. The lowest BCUT2D eigenvalue weighted by Gasteiger charge is -2.38. The van der Waals surface area contributed by atoms with Crippen LogP contribution >= 0.6 is 11.5 Å². The molecular weight excluding hydrogens is 272 g/mol. The van der Waals surface area contributed by atoms with Crippen LogP contribution in [0.1, 0.15) is 55.9 Å². The van der Waals surface area contributed by atoms with E-state index in [9.17, 15) is 4.79 Å². The van der Waals surface area contributed by atoms with Crippen LogP contribution in [-0.4, -0.2) is 39.5 Å². The van der Waals surface area contributed by atoms with Gasteiger partial charge in [0.1, 0.15) is 4.88 Å². The van der Waals surface area contributed by atoms with Crippen molar-refractivity contribution in [1.82, 2.24) is 14.5 Å². The number of likely N-dealkylation sites (tertiary alicyclic amines) is 1. The molecular formula is C14H24N4OS. The molecule has 1 fully saturated rings. The number of hydrogen-bond acceptors (Lipinski definition) is 5. The van der Waals surface area contributed by atoms with Crippen molar-refractivity contribution >= 4 is 17.4 Å². The lowest BCUT2D eigenvalue weighted by Crippen LogP contribution is -2.49. The summed E-state index contributed by atoms with van der Waals surface area (Å²) in [4.78, 5) is 15.4. The molecule has 1 saturated heterocycles. The summed E-state index contributed by atoms with van der Waals surface area (Å²) in [7, 11) is 0. The fourth-order valence-electron chi connectivity index (χ4n) is 2.69. The number of hydrogen-bond donors (Lipinski definition) is 1. The van der Waals surface area contributed by atoms with Gasteiger partial charge in [0.2, 0.25) is 0 Å². The van der Waals surface area contributed by atoms with Crippen molar-refractivity contribution in [2.24, 2.45) is 11.7 Å². The molecule has 1 aliphatic heterocycles. The third kappa shape index (κ3) is 3.01. The van der Waals surface area contributed by atoms with Gasteiger partial charge in [0.05, 0.1) is 5.69 Å². The van der Waals surface area contributed by atoms with Crippen molar-refractivity contribution in [3.8, 4) is 0 Å². The molecule has 2 unspecified atom stereocenters. The van der Waals surface area contributed by atoms with E-state index in [0.29, 0.717) is 17.3 Å². The molecule has 1 aromatic heterocycles. The molecule has 5 nitrogen and oxygen atoms in total. The van der Waals surface area contributed by atoms with Crippen molar-refractivity contribution < 1.29 is 4.79 Å². The molecule has 0 spiro atoms. The molecule has 0 aliphatic carbocycles. The lowest BCUT2D eigenvalue weighted by atomic mass is 9.89. The highest BCUT2D eigenvalue weighted by Crippen LogP contribution is 2.29. The summed E-state index contributed by atoms with van der Waals surface area (Å²) in [6.07, 6.45) is 2.03. The van der Waals surface area contributed by atoms with E-state index in [1.807, 2.05) is 4.90 Å². The number of rotatable bonds is 2. The van der Waals surface area contributed by atoms with Crippen LogP contribution in [0.4, 0.5) is 0 Å². The maximum absolute atomic E-state index is 12.8. The van der Waals surface area contributed by atoms with Gasteiger partial charge in [-0.15, -0.1) is 5.10 Å². The van der Waals surface area contributed by atoms with E-state index in [4.69, 9.17) is 5.73 Å². The Hall–Kier alpha value is -1.01. The molecule has 0 aromatic carbocycles. The smallest absolute Gasteiger partial charge is 0.267 e. The van der Waals surface area contributed by atoms with Crippen LogP contribution < -0.4 is 5.73 Å². The van der Waals surface area contributed by atoms with Crippen LogP contribution in [0.2, 0.25) is 0 Å². The highest BCUT2D eigenvalue weighted by atomic mass is 32.1. The van der Waals surface area contributed by atoms with Gasteiger partial charge < -0.3 is 10.6 Å². The third-order valence-corrected chi connectivity index (χ3v) is 4.62. The topological polar surface area (TPSA) is 72.1 Å². The van der Waals surface area contributed by atoms with Gasteiger partial charge in [-0.2, -0.15) is 0 Å². The van der Waals surface area contributed by atoms with E-state index in [2.05, 4.69) is 37.3 Å². The van der Waals surface area contributed by atoms with Gasteiger partial charge in [-0.3, -0.25) is 4.79 Å². The Labute approximate surface area is 124 Å². The summed E-state index contributed by atoms with van der Waals surface area (Å²) >= 11 is 1.20. The van der Waals surface area contributed by atoms with Crippen molar-refractivity contribution in [2.45, 2.75) is 52.0 Å². The number of carbonyl (C=O) groups is 1. The predicted molar refractivity (Wildman–Crippen MR) is 80.9 cm³/mol. The Morgan fingerprint density at radius 1 is 1.50 bits per heavy atom. The fraction of sp³-hybridized carbons (Fsp3) is 0.786. The summed E-state index contributed by atoms with van der Waals surface area (Å²) in [6.45, 7) is 9.69. The molecule has 1 aliphatic rings. The SMILES string of the molecule is CC1CCN(C(=O)c2snnc2C(C)(C)C)C(CN)C1. The Morgan fingerprint density at radius 2 is 2.20 bits per heavy atom. The Morgan fingerprint density at radius 3 is 2.80 bits per heavy atom. The molecule has 6 heteroatoms. The van der Waals surface area contributed by atoms with Crippen LogP contribution in [0.5, 0.6) is 0 Å². The van der Waals surface area contributed by atoms with Crippen LogP contribution in [0.15, 0.2) is 0 Å². The molecule has 0 radical (unpaired) electrons. The summed E-state index contributed by atoms with van der Waals surface area (Å²) in [5, 5.41) is 4.16. The largest absolute Gasteiger partial charge is 0.334 e. The lowest BCUT2D eigenvalue weighted by molar-refractivity contribution is 0.0576. The van der Waals surface area contributed by atoms with E-state index in [1.165, 1.54) is 11.5 Å². The molecule has 1 aromatic rings. The van der Waals surface area contributed by atoms with Crippen LogP contribution in [0.25, 0.3) is 0 Å². The minimum absolute atomic E-state index is 0.0484.